The van der Waals surface area contributed by atoms with Crippen LogP contribution in [0.3, 0.4) is 0 Å². The second-order valence-electron chi connectivity index (χ2n) is 12.3. The third-order valence-corrected chi connectivity index (χ3v) is 12.0. The number of hydrogen-bond donors (Lipinski definition) is 0. The average Bonchev–Trinajstić information content (AvgIpc) is 4.16. The van der Waals surface area contributed by atoms with E-state index < -0.39 is 0 Å². The Balaban J connectivity index is 0.000000157. The van der Waals surface area contributed by atoms with Crippen molar-refractivity contribution in [3.63, 3.8) is 0 Å². The number of rotatable bonds is 4. The van der Waals surface area contributed by atoms with Gasteiger partial charge in [0.1, 0.15) is 29.3 Å². The largest absolute Gasteiger partial charge is 0.502 e. The van der Waals surface area contributed by atoms with Gasteiger partial charge in [0.25, 0.3) is 0 Å². The van der Waals surface area contributed by atoms with Gasteiger partial charge < -0.3 is 19.6 Å². The Labute approximate surface area is 443 Å². The maximum Gasteiger partial charge on any atom is 0.132 e. The van der Waals surface area contributed by atoms with Gasteiger partial charge in [-0.3, -0.25) is 52.0 Å². The molecule has 4 aromatic carbocycles. The number of thioether (sulfide) groups is 4. The second-order valence-corrected chi connectivity index (χ2v) is 15.7. The predicted octanol–water partition coefficient (Wildman–Crippen LogP) is 11.2. The van der Waals surface area contributed by atoms with E-state index >= 15 is 0 Å². The fraction of sp³-hybridized carbons (Fsp3) is 0. The molecule has 11 nitrogen and oxygen atoms in total. The molecule has 0 saturated heterocycles. The van der Waals surface area contributed by atoms with Gasteiger partial charge in [-0.1, -0.05) is 0 Å². The maximum atomic E-state index is 4.31. The molecule has 0 atom stereocenters. The van der Waals surface area contributed by atoms with Crippen molar-refractivity contribution < 1.29 is 80.4 Å². The van der Waals surface area contributed by atoms with Crippen LogP contribution in [0.4, 0.5) is 45.8 Å². The van der Waals surface area contributed by atoms with Crippen molar-refractivity contribution in [2.75, 3.05) is 19.6 Å². The van der Waals surface area contributed by atoms with Crippen LogP contribution in [-0.4, -0.2) is 34.9 Å². The van der Waals surface area contributed by atoms with E-state index in [1.54, 1.807) is 72.1 Å². The quantitative estimate of drug-likeness (QED) is 0.123. The standard InChI is InChI=1S/C12H8N2S.3C11H7N3S.4Ir/c1-2-5-10(6-3-1)14-9-15-12-11(14)7-4-8-13-12;1-2-4-9(5-3-1)14-8-15-10-6-12-7-13-11(10)14;1-2-4-9(5-3-1)14-8-15-11-10(14)6-12-7-13-11;1-2-4-9(5-3-1)14-8-15-11-10(14)12-6-7-13-11;;;;/h1-5,7-9H;3*1-4,6-8H;;;;/q4*-2;;;;. The third kappa shape index (κ3) is 12.5. The zero-order valence-corrected chi connectivity index (χ0v) is 45.5. The molecule has 4 aromatic heterocycles. The molecule has 0 amide bonds. The molecule has 0 aliphatic carbocycles. The summed E-state index contributed by atoms with van der Waals surface area (Å²) in [5.74, 6) is 9.90. The van der Waals surface area contributed by atoms with Crippen LogP contribution in [0, 0.1) is 47.8 Å². The Morgan fingerprint density at radius 2 is 0.859 bits per heavy atom. The number of pyridine rings is 1. The van der Waals surface area contributed by atoms with Gasteiger partial charge in [0.15, 0.2) is 0 Å². The van der Waals surface area contributed by atoms with Crippen LogP contribution in [-0.2, 0) is 80.4 Å². The molecule has 0 N–H and O–H groups in total. The van der Waals surface area contributed by atoms with Crippen LogP contribution < -0.4 is 19.6 Å². The molecule has 4 aliphatic rings. The monoisotopic (exact) mass is 1620 g/mol. The van der Waals surface area contributed by atoms with Crippen LogP contribution in [0.25, 0.3) is 0 Å². The third-order valence-electron chi connectivity index (χ3n) is 8.59. The van der Waals surface area contributed by atoms with Crippen molar-refractivity contribution in [2.24, 2.45) is 0 Å². The van der Waals surface area contributed by atoms with Gasteiger partial charge in [0.05, 0.1) is 21.9 Å². The van der Waals surface area contributed by atoms with Gasteiger partial charge in [0, 0.05) is 116 Å². The number of benzene rings is 4. The predicted molar refractivity (Wildman–Crippen MR) is 241 cm³/mol. The molecule has 0 saturated carbocycles. The van der Waals surface area contributed by atoms with E-state index in [0.29, 0.717) is 0 Å². The molecule has 19 heteroatoms. The molecule has 332 valence electrons. The minimum atomic E-state index is 0. The van der Waals surface area contributed by atoms with Crippen molar-refractivity contribution in [3.8, 4) is 0 Å². The number of anilines is 8. The zero-order valence-electron chi connectivity index (χ0n) is 32.6. The van der Waals surface area contributed by atoms with Gasteiger partial charge in [-0.2, -0.15) is 145 Å². The smallest absolute Gasteiger partial charge is 0.132 e. The van der Waals surface area contributed by atoms with Crippen molar-refractivity contribution in [3.05, 3.63) is 201 Å². The Morgan fingerprint density at radius 1 is 0.391 bits per heavy atom. The summed E-state index contributed by atoms with van der Waals surface area (Å²) in [6.45, 7) is 0. The van der Waals surface area contributed by atoms with E-state index in [-0.39, 0.29) is 80.4 Å². The average molecular weight is 1620 g/mol. The molecule has 4 aliphatic heterocycles. The summed E-state index contributed by atoms with van der Waals surface area (Å²) in [6.07, 6.45) is 12.0. The van der Waals surface area contributed by atoms with E-state index in [4.69, 9.17) is 0 Å². The molecule has 64 heavy (non-hydrogen) atoms. The molecule has 0 spiro atoms. The minimum Gasteiger partial charge on any atom is -0.502 e. The first-order valence-electron chi connectivity index (χ1n) is 18.2. The Bertz CT molecular complexity index is 2270. The molecule has 8 aromatic rings. The Kier molecular flexibility index (Phi) is 20.9. The fourth-order valence-corrected chi connectivity index (χ4v) is 9.11. The first kappa shape index (κ1) is 51.5. The molecular formula is C45H29Ir4N11S4-8. The number of aromatic nitrogens is 7. The summed E-state index contributed by atoms with van der Waals surface area (Å²) in [6, 6.07) is 48.2. The minimum absolute atomic E-state index is 0. The topological polar surface area (TPSA) is 103 Å². The van der Waals surface area contributed by atoms with Gasteiger partial charge >= 0.3 is 0 Å². The van der Waals surface area contributed by atoms with Crippen molar-refractivity contribution in [2.45, 2.75) is 20.0 Å². The molecule has 0 unspecified atom stereocenters. The summed E-state index contributed by atoms with van der Waals surface area (Å²) >= 11 is 6.45. The van der Waals surface area contributed by atoms with E-state index in [1.807, 2.05) is 154 Å². The normalized spacial score (nSPS) is 13.1. The second kappa shape index (κ2) is 26.0. The first-order chi connectivity index (χ1) is 29.8. The fourth-order valence-electron chi connectivity index (χ4n) is 5.84. The van der Waals surface area contributed by atoms with Crippen LogP contribution in [0.2, 0.25) is 0 Å². The van der Waals surface area contributed by atoms with E-state index in [9.17, 15) is 0 Å². The van der Waals surface area contributed by atoms with Gasteiger partial charge in [0.2, 0.25) is 0 Å². The number of nitrogens with zero attached hydrogens (tertiary/aromatic N) is 11. The zero-order chi connectivity index (χ0) is 40.4. The molecule has 0 fully saturated rings. The number of para-hydroxylation sites is 4. The first-order valence-corrected chi connectivity index (χ1v) is 21.7. The van der Waals surface area contributed by atoms with Crippen LogP contribution in [0.5, 0.6) is 0 Å². The summed E-state index contributed by atoms with van der Waals surface area (Å²) in [7, 11) is 0. The van der Waals surface area contributed by atoms with Gasteiger partial charge in [-0.25, -0.2) is 29.9 Å². The van der Waals surface area contributed by atoms with Crippen LogP contribution >= 0.6 is 47.0 Å². The SMILES string of the molecule is [Ir].[Ir].[Ir].[Ir].[c-]1ccccc1N1[CH-]Sc2cncnc21.[c-]1ccccc1N1[CH-]Sc2ncccc21.[c-]1ccccc1N1[CH-]Sc2nccnc21.[c-]1ccccc1N1[CH-]Sc2ncncc21. The summed E-state index contributed by atoms with van der Waals surface area (Å²) in [5.41, 5.74) is 6.21. The summed E-state index contributed by atoms with van der Waals surface area (Å²) in [5, 5.41) is 2.98. The van der Waals surface area contributed by atoms with Gasteiger partial charge in [-0.05, 0) is 12.1 Å². The van der Waals surface area contributed by atoms with Crippen molar-refractivity contribution in [1.29, 1.82) is 0 Å². The molecule has 8 heterocycles. The van der Waals surface area contributed by atoms with Gasteiger partial charge in [-0.15, -0.1) is 22.7 Å². The number of hydrogen-bond acceptors (Lipinski definition) is 15. The van der Waals surface area contributed by atoms with E-state index in [1.165, 1.54) is 0 Å². The van der Waals surface area contributed by atoms with Crippen molar-refractivity contribution >= 4 is 92.8 Å². The molecule has 12 rings (SSSR count). The summed E-state index contributed by atoms with van der Waals surface area (Å²) in [4.78, 5) is 38.6. The van der Waals surface area contributed by atoms with E-state index in [2.05, 4.69) is 76.0 Å². The van der Waals surface area contributed by atoms with Crippen LogP contribution in [0.15, 0.2) is 173 Å². The Hall–Kier alpha value is -3.53. The van der Waals surface area contributed by atoms with E-state index in [0.717, 1.165) is 65.7 Å². The maximum absolute atomic E-state index is 4.31. The Morgan fingerprint density at radius 3 is 1.47 bits per heavy atom. The molecule has 4 radical (unpaired) electrons. The van der Waals surface area contributed by atoms with Crippen molar-refractivity contribution in [1.82, 2.24) is 34.9 Å². The number of fused-ring (bicyclic) bond motifs is 4. The molecular weight excluding hydrogens is 1590 g/mol. The summed E-state index contributed by atoms with van der Waals surface area (Å²) < 4.78 is 0. The molecule has 0 bridgehead atoms. The van der Waals surface area contributed by atoms with Crippen LogP contribution in [0.1, 0.15) is 0 Å².